The van der Waals surface area contributed by atoms with Gasteiger partial charge in [-0.3, -0.25) is 0 Å². The normalized spacial score (nSPS) is 10.0. The summed E-state index contributed by atoms with van der Waals surface area (Å²) in [4.78, 5) is 4.32. The number of rotatable bonds is 4. The fraction of sp³-hybridized carbons (Fsp3) is 0.286. The van der Waals surface area contributed by atoms with E-state index in [-0.39, 0.29) is 6.61 Å². The average molecular weight is 290 g/mol. The van der Waals surface area contributed by atoms with E-state index in [0.29, 0.717) is 6.42 Å². The molecule has 0 unspecified atom stereocenters. The van der Waals surface area contributed by atoms with Gasteiger partial charge in [0.25, 0.3) is 0 Å². The number of hydrogen-bond donors (Lipinski definition) is 1. The Labute approximate surface area is 121 Å². The minimum Gasteiger partial charge on any atom is -0.395 e. The molecule has 2 rings (SSSR count). The third-order valence-corrected chi connectivity index (χ3v) is 4.26. The summed E-state index contributed by atoms with van der Waals surface area (Å²) in [5.41, 5.74) is 2.20. The maximum atomic E-state index is 8.69. The first-order valence-electron chi connectivity index (χ1n) is 5.90. The second-order valence-electron chi connectivity index (χ2n) is 3.87. The van der Waals surface area contributed by atoms with Gasteiger partial charge in [0.05, 0.1) is 6.61 Å². The number of aliphatic hydroxyl groups excluding tert-OH is 1. The quantitative estimate of drug-likeness (QED) is 0.695. The molecule has 0 bridgehead atoms. The van der Waals surface area contributed by atoms with Gasteiger partial charge in [-0.1, -0.05) is 35.7 Å². The maximum absolute atomic E-state index is 8.69. The van der Waals surface area contributed by atoms with E-state index in [0.717, 1.165) is 21.5 Å². The lowest BCUT2D eigenvalue weighted by molar-refractivity contribution is 0.305. The number of nitrogens with zero attached hydrogens (tertiary/aromatic N) is 2. The van der Waals surface area contributed by atoms with Crippen molar-refractivity contribution in [3.8, 4) is 11.8 Å². The number of aryl methyl sites for hydroxylation is 1. The highest BCUT2D eigenvalue weighted by Crippen LogP contribution is 2.24. The molecule has 0 aliphatic carbocycles. The van der Waals surface area contributed by atoms with E-state index in [9.17, 15) is 0 Å². The van der Waals surface area contributed by atoms with Gasteiger partial charge in [0.1, 0.15) is 5.82 Å². The van der Waals surface area contributed by atoms with E-state index in [1.54, 1.807) is 11.8 Å². The van der Waals surface area contributed by atoms with Gasteiger partial charge in [-0.05, 0) is 36.2 Å². The van der Waals surface area contributed by atoms with Gasteiger partial charge in [-0.2, -0.15) is 4.37 Å². The Bertz CT molecular complexity index is 599. The maximum Gasteiger partial charge on any atom is 0.170 e. The number of aromatic nitrogens is 2. The van der Waals surface area contributed by atoms with Crippen LogP contribution >= 0.6 is 23.3 Å². The molecule has 5 heteroatoms. The Hall–Kier alpha value is -1.35. The fourth-order valence-electron chi connectivity index (χ4n) is 1.44. The van der Waals surface area contributed by atoms with E-state index in [1.165, 1.54) is 17.1 Å². The molecule has 3 nitrogen and oxygen atoms in total. The van der Waals surface area contributed by atoms with E-state index < -0.39 is 0 Å². The van der Waals surface area contributed by atoms with Crippen LogP contribution in [0, 0.1) is 18.8 Å². The molecule has 0 saturated heterocycles. The predicted octanol–water partition coefficient (Wildman–Crippen LogP) is 2.87. The molecule has 1 heterocycles. The van der Waals surface area contributed by atoms with Gasteiger partial charge in [-0.15, -0.1) is 0 Å². The molecule has 0 saturated carbocycles. The Kier molecular flexibility index (Phi) is 5.40. The van der Waals surface area contributed by atoms with Gasteiger partial charge < -0.3 is 5.11 Å². The third kappa shape index (κ3) is 4.67. The van der Waals surface area contributed by atoms with Gasteiger partial charge in [0, 0.05) is 17.7 Å². The highest BCUT2D eigenvalue weighted by atomic mass is 32.2. The van der Waals surface area contributed by atoms with Crippen LogP contribution in [0.15, 0.2) is 28.6 Å². The molecule has 0 spiro atoms. The molecule has 0 atom stereocenters. The van der Waals surface area contributed by atoms with Crippen molar-refractivity contribution in [2.24, 2.45) is 0 Å². The van der Waals surface area contributed by atoms with Crippen LogP contribution in [-0.4, -0.2) is 21.1 Å². The molecule has 98 valence electrons. The number of hydrogen-bond acceptors (Lipinski definition) is 5. The molecule has 0 aliphatic heterocycles. The summed E-state index contributed by atoms with van der Waals surface area (Å²) in [5, 5.41) is 8.69. The van der Waals surface area contributed by atoms with Crippen LogP contribution in [0.2, 0.25) is 0 Å². The van der Waals surface area contributed by atoms with Crippen molar-refractivity contribution < 1.29 is 5.11 Å². The molecule has 0 aliphatic rings. The summed E-state index contributed by atoms with van der Waals surface area (Å²) in [5.74, 6) is 7.67. The fourth-order valence-corrected chi connectivity index (χ4v) is 3.03. The van der Waals surface area contributed by atoms with E-state index in [1.807, 2.05) is 19.1 Å². The summed E-state index contributed by atoms with van der Waals surface area (Å²) < 4.78 is 5.15. The van der Waals surface area contributed by atoms with Crippen molar-refractivity contribution in [3.05, 3.63) is 41.2 Å². The second-order valence-corrected chi connectivity index (χ2v) is 5.85. The molecule has 1 aromatic heterocycles. The molecule has 2 aromatic rings. The van der Waals surface area contributed by atoms with Gasteiger partial charge in [-0.25, -0.2) is 4.98 Å². The minimum atomic E-state index is 0.110. The zero-order valence-electron chi connectivity index (χ0n) is 10.6. The summed E-state index contributed by atoms with van der Waals surface area (Å²) >= 11 is 3.12. The summed E-state index contributed by atoms with van der Waals surface area (Å²) in [7, 11) is 0. The lowest BCUT2D eigenvalue weighted by atomic mass is 10.1. The first-order chi connectivity index (χ1) is 9.28. The van der Waals surface area contributed by atoms with Crippen LogP contribution in [0.5, 0.6) is 0 Å². The van der Waals surface area contributed by atoms with Crippen molar-refractivity contribution in [1.29, 1.82) is 0 Å². The first-order valence-corrected chi connectivity index (χ1v) is 7.65. The van der Waals surface area contributed by atoms with Crippen LogP contribution in [0.4, 0.5) is 0 Å². The molecule has 0 amide bonds. The Balaban J connectivity index is 1.97. The molecule has 0 fully saturated rings. The van der Waals surface area contributed by atoms with E-state index in [4.69, 9.17) is 5.11 Å². The van der Waals surface area contributed by atoms with Crippen molar-refractivity contribution in [2.45, 2.75) is 23.4 Å². The van der Waals surface area contributed by atoms with Gasteiger partial charge in [0.15, 0.2) is 4.34 Å². The zero-order chi connectivity index (χ0) is 13.5. The van der Waals surface area contributed by atoms with Gasteiger partial charge >= 0.3 is 0 Å². The van der Waals surface area contributed by atoms with E-state index >= 15 is 0 Å². The number of thioether (sulfide) groups is 1. The van der Waals surface area contributed by atoms with Crippen LogP contribution in [-0.2, 0) is 5.75 Å². The Morgan fingerprint density at radius 3 is 3.05 bits per heavy atom. The smallest absolute Gasteiger partial charge is 0.170 e. The average Bonchev–Trinajstić information content (AvgIpc) is 2.83. The molecule has 1 aromatic carbocycles. The summed E-state index contributed by atoms with van der Waals surface area (Å²) in [6, 6.07) is 8.14. The number of benzene rings is 1. The molecular weight excluding hydrogens is 276 g/mol. The minimum absolute atomic E-state index is 0.110. The molecular formula is C14H14N2OS2. The SMILES string of the molecule is Cc1nsc(SCc2cccc(C#CCCO)c2)n1. The highest BCUT2D eigenvalue weighted by Gasteiger charge is 2.02. The predicted molar refractivity (Wildman–Crippen MR) is 79.2 cm³/mol. The largest absolute Gasteiger partial charge is 0.395 e. The van der Waals surface area contributed by atoms with Crippen LogP contribution in [0.3, 0.4) is 0 Å². The highest BCUT2D eigenvalue weighted by molar-refractivity contribution is 8.00. The van der Waals surface area contributed by atoms with Crippen molar-refractivity contribution in [2.75, 3.05) is 6.61 Å². The molecule has 1 N–H and O–H groups in total. The summed E-state index contributed by atoms with van der Waals surface area (Å²) in [6.45, 7) is 2.01. The van der Waals surface area contributed by atoms with Crippen molar-refractivity contribution >= 4 is 23.3 Å². The second kappa shape index (κ2) is 7.29. The zero-order valence-corrected chi connectivity index (χ0v) is 12.2. The third-order valence-electron chi connectivity index (χ3n) is 2.27. The van der Waals surface area contributed by atoms with Crippen LogP contribution in [0.25, 0.3) is 0 Å². The lowest BCUT2D eigenvalue weighted by Crippen LogP contribution is -1.83. The first kappa shape index (κ1) is 14.1. The Morgan fingerprint density at radius 2 is 2.32 bits per heavy atom. The van der Waals surface area contributed by atoms with Crippen molar-refractivity contribution in [1.82, 2.24) is 9.36 Å². The van der Waals surface area contributed by atoms with Crippen LogP contribution < -0.4 is 0 Å². The summed E-state index contributed by atoms with van der Waals surface area (Å²) in [6.07, 6.45) is 0.517. The lowest BCUT2D eigenvalue weighted by Gasteiger charge is -1.99. The van der Waals surface area contributed by atoms with Crippen LogP contribution in [0.1, 0.15) is 23.4 Å². The van der Waals surface area contributed by atoms with E-state index in [2.05, 4.69) is 33.3 Å². The molecule has 19 heavy (non-hydrogen) atoms. The Morgan fingerprint density at radius 1 is 1.42 bits per heavy atom. The van der Waals surface area contributed by atoms with Gasteiger partial charge in [0.2, 0.25) is 0 Å². The number of aliphatic hydroxyl groups is 1. The van der Waals surface area contributed by atoms with Crippen molar-refractivity contribution in [3.63, 3.8) is 0 Å². The monoisotopic (exact) mass is 290 g/mol. The standard InChI is InChI=1S/C14H14N2OS2/c1-11-15-14(19-16-11)18-10-13-7-4-6-12(9-13)5-2-3-8-17/h4,6-7,9,17H,3,8,10H2,1H3. The topological polar surface area (TPSA) is 46.0 Å². The molecule has 0 radical (unpaired) electrons.